The second kappa shape index (κ2) is 6.74. The van der Waals surface area contributed by atoms with Crippen molar-refractivity contribution in [3.8, 4) is 0 Å². The van der Waals surface area contributed by atoms with E-state index in [1.54, 1.807) is 0 Å². The van der Waals surface area contributed by atoms with Gasteiger partial charge in [-0.05, 0) is 5.92 Å². The molecule has 112 valence electrons. The lowest BCUT2D eigenvalue weighted by atomic mass is 10.1. The van der Waals surface area contributed by atoms with E-state index in [0.29, 0.717) is 12.5 Å². The van der Waals surface area contributed by atoms with Crippen LogP contribution in [0.1, 0.15) is 25.5 Å². The Morgan fingerprint density at radius 3 is 3.00 bits per heavy atom. The van der Waals surface area contributed by atoms with Crippen LogP contribution in [0.2, 0.25) is 0 Å². The van der Waals surface area contributed by atoms with E-state index in [0.717, 1.165) is 31.2 Å². The fraction of sp³-hybridized carbons (Fsp3) is 0.714. The largest absolute Gasteiger partial charge is 0.370 e. The normalized spacial score (nSPS) is 20.6. The van der Waals surface area contributed by atoms with Crippen LogP contribution in [0, 0.1) is 5.92 Å². The van der Waals surface area contributed by atoms with E-state index in [4.69, 9.17) is 4.74 Å². The van der Waals surface area contributed by atoms with E-state index in [2.05, 4.69) is 34.2 Å². The van der Waals surface area contributed by atoms with E-state index in [1.807, 2.05) is 31.2 Å². The number of nitrogens with zero attached hydrogens (tertiary/aromatic N) is 4. The SMILES string of the molecule is CN=C(NCC(C)C)N1CCOC(c2cnn(C)c2)C1. The van der Waals surface area contributed by atoms with Crippen LogP contribution in [-0.4, -0.2) is 53.9 Å². The summed E-state index contributed by atoms with van der Waals surface area (Å²) in [5.74, 6) is 1.55. The van der Waals surface area contributed by atoms with Crippen LogP contribution in [-0.2, 0) is 11.8 Å². The maximum atomic E-state index is 5.85. The van der Waals surface area contributed by atoms with Gasteiger partial charge in [0.1, 0.15) is 6.10 Å². The number of morpholine rings is 1. The first kappa shape index (κ1) is 14.8. The number of ether oxygens (including phenoxy) is 1. The Morgan fingerprint density at radius 2 is 2.40 bits per heavy atom. The lowest BCUT2D eigenvalue weighted by Gasteiger charge is -2.35. The van der Waals surface area contributed by atoms with Crippen LogP contribution in [0.4, 0.5) is 0 Å². The number of rotatable bonds is 3. The predicted octanol–water partition coefficient (Wildman–Crippen LogP) is 1.02. The van der Waals surface area contributed by atoms with Crippen molar-refractivity contribution in [3.63, 3.8) is 0 Å². The fourth-order valence-electron chi connectivity index (χ4n) is 2.28. The second-order valence-corrected chi connectivity index (χ2v) is 5.57. The molecule has 1 N–H and O–H groups in total. The molecule has 0 amide bonds. The fourth-order valence-corrected chi connectivity index (χ4v) is 2.28. The minimum absolute atomic E-state index is 0.0649. The molecule has 2 rings (SSSR count). The first-order valence-corrected chi connectivity index (χ1v) is 7.16. The van der Waals surface area contributed by atoms with Crippen molar-refractivity contribution in [1.82, 2.24) is 20.0 Å². The molecule has 1 aromatic heterocycles. The molecule has 1 aliphatic heterocycles. The van der Waals surface area contributed by atoms with Crippen LogP contribution in [0.3, 0.4) is 0 Å². The maximum Gasteiger partial charge on any atom is 0.193 e. The molecule has 1 aliphatic rings. The zero-order chi connectivity index (χ0) is 14.5. The highest BCUT2D eigenvalue weighted by Crippen LogP contribution is 2.21. The number of hydrogen-bond donors (Lipinski definition) is 1. The summed E-state index contributed by atoms with van der Waals surface area (Å²) in [5, 5.41) is 7.63. The molecular weight excluding hydrogens is 254 g/mol. The maximum absolute atomic E-state index is 5.85. The van der Waals surface area contributed by atoms with Gasteiger partial charge in [0.05, 0.1) is 19.3 Å². The minimum Gasteiger partial charge on any atom is -0.370 e. The lowest BCUT2D eigenvalue weighted by Crippen LogP contribution is -2.48. The first-order chi connectivity index (χ1) is 9.60. The number of guanidine groups is 1. The highest BCUT2D eigenvalue weighted by molar-refractivity contribution is 5.80. The summed E-state index contributed by atoms with van der Waals surface area (Å²) in [6.07, 6.45) is 3.95. The van der Waals surface area contributed by atoms with Gasteiger partial charge in [0.25, 0.3) is 0 Å². The summed E-state index contributed by atoms with van der Waals surface area (Å²) in [7, 11) is 3.75. The molecule has 1 aromatic rings. The van der Waals surface area contributed by atoms with Crippen LogP contribution in [0.25, 0.3) is 0 Å². The summed E-state index contributed by atoms with van der Waals surface area (Å²) >= 11 is 0. The van der Waals surface area contributed by atoms with E-state index in [1.165, 1.54) is 0 Å². The molecule has 2 heterocycles. The van der Waals surface area contributed by atoms with Gasteiger partial charge in [-0.1, -0.05) is 13.8 Å². The van der Waals surface area contributed by atoms with Gasteiger partial charge < -0.3 is 15.0 Å². The average Bonchev–Trinajstić information content (AvgIpc) is 2.86. The highest BCUT2D eigenvalue weighted by atomic mass is 16.5. The Morgan fingerprint density at radius 1 is 1.60 bits per heavy atom. The van der Waals surface area contributed by atoms with Crippen LogP contribution < -0.4 is 5.32 Å². The molecule has 0 aliphatic carbocycles. The number of nitrogens with one attached hydrogen (secondary N) is 1. The third-order valence-corrected chi connectivity index (χ3v) is 3.34. The highest BCUT2D eigenvalue weighted by Gasteiger charge is 2.25. The van der Waals surface area contributed by atoms with Gasteiger partial charge in [-0.2, -0.15) is 5.10 Å². The standard InChI is InChI=1S/C14H25N5O/c1-11(2)7-16-14(15-3)19-5-6-20-13(10-19)12-8-17-18(4)9-12/h8-9,11,13H,5-7,10H2,1-4H3,(H,15,16). The summed E-state index contributed by atoms with van der Waals surface area (Å²) in [6, 6.07) is 0. The molecule has 1 atom stereocenters. The summed E-state index contributed by atoms with van der Waals surface area (Å²) in [5.41, 5.74) is 1.12. The van der Waals surface area contributed by atoms with Gasteiger partial charge in [0.15, 0.2) is 5.96 Å². The van der Waals surface area contributed by atoms with Crippen molar-refractivity contribution in [3.05, 3.63) is 18.0 Å². The average molecular weight is 279 g/mol. The molecule has 0 saturated carbocycles. The van der Waals surface area contributed by atoms with E-state index in [9.17, 15) is 0 Å². The molecule has 20 heavy (non-hydrogen) atoms. The summed E-state index contributed by atoms with van der Waals surface area (Å²) < 4.78 is 7.66. The number of aromatic nitrogens is 2. The molecule has 6 heteroatoms. The van der Waals surface area contributed by atoms with E-state index < -0.39 is 0 Å². The predicted molar refractivity (Wildman–Crippen MR) is 79.7 cm³/mol. The number of hydrogen-bond acceptors (Lipinski definition) is 3. The van der Waals surface area contributed by atoms with Crippen molar-refractivity contribution in [2.45, 2.75) is 20.0 Å². The molecule has 1 unspecified atom stereocenters. The quantitative estimate of drug-likeness (QED) is 0.663. The Balaban J connectivity index is 1.98. The van der Waals surface area contributed by atoms with Gasteiger partial charge in [-0.25, -0.2) is 0 Å². The summed E-state index contributed by atoms with van der Waals surface area (Å²) in [4.78, 5) is 6.63. The van der Waals surface area contributed by atoms with Crippen LogP contribution >= 0.6 is 0 Å². The molecule has 0 bridgehead atoms. The van der Waals surface area contributed by atoms with Crippen molar-refractivity contribution in [1.29, 1.82) is 0 Å². The lowest BCUT2D eigenvalue weighted by molar-refractivity contribution is -0.00805. The molecular formula is C14H25N5O. The molecule has 6 nitrogen and oxygen atoms in total. The van der Waals surface area contributed by atoms with Crippen molar-refractivity contribution in [2.75, 3.05) is 33.3 Å². The Hall–Kier alpha value is -1.56. The molecule has 1 saturated heterocycles. The van der Waals surface area contributed by atoms with Crippen molar-refractivity contribution in [2.24, 2.45) is 18.0 Å². The van der Waals surface area contributed by atoms with Gasteiger partial charge in [-0.15, -0.1) is 0 Å². The Bertz CT molecular complexity index is 454. The molecule has 0 spiro atoms. The molecule has 0 aromatic carbocycles. The first-order valence-electron chi connectivity index (χ1n) is 7.16. The molecule has 0 radical (unpaired) electrons. The second-order valence-electron chi connectivity index (χ2n) is 5.57. The minimum atomic E-state index is 0.0649. The van der Waals surface area contributed by atoms with E-state index in [-0.39, 0.29) is 6.10 Å². The zero-order valence-corrected chi connectivity index (χ0v) is 12.8. The Kier molecular flexibility index (Phi) is 5.00. The third kappa shape index (κ3) is 3.72. The smallest absolute Gasteiger partial charge is 0.193 e. The molecule has 1 fully saturated rings. The van der Waals surface area contributed by atoms with Gasteiger partial charge >= 0.3 is 0 Å². The third-order valence-electron chi connectivity index (χ3n) is 3.34. The van der Waals surface area contributed by atoms with E-state index >= 15 is 0 Å². The topological polar surface area (TPSA) is 54.7 Å². The van der Waals surface area contributed by atoms with Crippen molar-refractivity contribution < 1.29 is 4.74 Å². The summed E-state index contributed by atoms with van der Waals surface area (Å²) in [6.45, 7) is 7.71. The number of aliphatic imine (C=N–C) groups is 1. The Labute approximate surface area is 120 Å². The van der Waals surface area contributed by atoms with Gasteiger partial charge in [0, 0.05) is 38.9 Å². The van der Waals surface area contributed by atoms with Gasteiger partial charge in [0.2, 0.25) is 0 Å². The van der Waals surface area contributed by atoms with Gasteiger partial charge in [-0.3, -0.25) is 9.67 Å². The van der Waals surface area contributed by atoms with Crippen LogP contribution in [0.15, 0.2) is 17.4 Å². The van der Waals surface area contributed by atoms with Crippen molar-refractivity contribution >= 4 is 5.96 Å². The monoisotopic (exact) mass is 279 g/mol. The van der Waals surface area contributed by atoms with Crippen LogP contribution in [0.5, 0.6) is 0 Å². The number of aryl methyl sites for hydroxylation is 1. The zero-order valence-electron chi connectivity index (χ0n) is 12.8.